The molecule has 0 spiro atoms. The SMILES string of the molecule is COc1ccc(F)cc1CCn1c(=O)n(C(C)(C)C(=O)NC(C)C)c(=O)c2c(C)c(-n3nccn3)sc21.NC1CCC(O)CC1. The molecule has 1 aliphatic carbocycles. The van der Waals surface area contributed by atoms with Crippen LogP contribution in [0.2, 0.25) is 0 Å². The number of aliphatic hydroxyl groups is 1. The molecule has 4 N–H and O–H groups in total. The van der Waals surface area contributed by atoms with E-state index in [4.69, 9.17) is 15.6 Å². The van der Waals surface area contributed by atoms with Gasteiger partial charge in [0.1, 0.15) is 26.9 Å². The van der Waals surface area contributed by atoms with Gasteiger partial charge in [-0.15, -0.1) is 4.80 Å². The van der Waals surface area contributed by atoms with E-state index in [1.165, 1.54) is 72.3 Å². The number of carbonyl (C=O) groups is 1. The van der Waals surface area contributed by atoms with Gasteiger partial charge in [-0.25, -0.2) is 13.8 Å². The maximum atomic E-state index is 14.0. The van der Waals surface area contributed by atoms with Crippen molar-refractivity contribution in [2.75, 3.05) is 7.11 Å². The first-order valence-electron chi connectivity index (χ1n) is 15.0. The molecule has 0 bridgehead atoms. The zero-order valence-electron chi connectivity index (χ0n) is 26.5. The molecule has 5 rings (SSSR count). The van der Waals surface area contributed by atoms with Gasteiger partial charge in [0, 0.05) is 24.2 Å². The van der Waals surface area contributed by atoms with Gasteiger partial charge in [0.05, 0.1) is 31.0 Å². The van der Waals surface area contributed by atoms with Crippen LogP contribution in [0.25, 0.3) is 15.2 Å². The molecule has 4 aromatic rings. The largest absolute Gasteiger partial charge is 0.496 e. The fraction of sp³-hybridized carbons (Fsp3) is 0.516. The molecule has 0 atom stereocenters. The van der Waals surface area contributed by atoms with Crippen molar-refractivity contribution in [2.45, 2.75) is 97.0 Å². The van der Waals surface area contributed by atoms with Crippen LogP contribution in [0.1, 0.15) is 64.5 Å². The third kappa shape index (κ3) is 7.34. The lowest BCUT2D eigenvalue weighted by Crippen LogP contribution is -2.56. The zero-order chi connectivity index (χ0) is 33.1. The number of amides is 1. The monoisotopic (exact) mass is 643 g/mol. The van der Waals surface area contributed by atoms with Gasteiger partial charge < -0.3 is 20.9 Å². The quantitative estimate of drug-likeness (QED) is 0.264. The predicted octanol–water partition coefficient (Wildman–Crippen LogP) is 3.01. The second kappa shape index (κ2) is 14.0. The summed E-state index contributed by atoms with van der Waals surface area (Å²) in [5, 5.41) is 21.0. The second-order valence-corrected chi connectivity index (χ2v) is 13.0. The van der Waals surface area contributed by atoms with Gasteiger partial charge in [-0.2, -0.15) is 10.2 Å². The van der Waals surface area contributed by atoms with Gasteiger partial charge in [-0.05, 0) is 90.5 Å². The van der Waals surface area contributed by atoms with E-state index in [9.17, 15) is 18.8 Å². The summed E-state index contributed by atoms with van der Waals surface area (Å²) < 4.78 is 21.8. The molecule has 3 heterocycles. The molecule has 0 unspecified atom stereocenters. The van der Waals surface area contributed by atoms with Crippen LogP contribution in [0, 0.1) is 12.7 Å². The van der Waals surface area contributed by atoms with E-state index in [0.29, 0.717) is 38.1 Å². The number of hydrogen-bond donors (Lipinski definition) is 3. The molecule has 1 aromatic carbocycles. The molecule has 12 nitrogen and oxygen atoms in total. The third-order valence-corrected chi connectivity index (χ3v) is 9.19. The van der Waals surface area contributed by atoms with Crippen molar-refractivity contribution >= 4 is 27.5 Å². The van der Waals surface area contributed by atoms with E-state index in [2.05, 4.69) is 15.5 Å². The number of aryl methyl sites for hydroxylation is 3. The molecule has 0 saturated heterocycles. The minimum absolute atomic E-state index is 0.0604. The third-order valence-electron chi connectivity index (χ3n) is 7.91. The number of rotatable bonds is 8. The number of nitrogens with two attached hydrogens (primary N) is 1. The van der Waals surface area contributed by atoms with E-state index in [-0.39, 0.29) is 25.1 Å². The van der Waals surface area contributed by atoms with E-state index in [1.54, 1.807) is 20.8 Å². The molecule has 0 aliphatic heterocycles. The molecule has 244 valence electrons. The van der Waals surface area contributed by atoms with Gasteiger partial charge in [-0.1, -0.05) is 11.3 Å². The Labute approximate surface area is 264 Å². The highest BCUT2D eigenvalue weighted by atomic mass is 32.1. The Morgan fingerprint density at radius 1 is 1.20 bits per heavy atom. The van der Waals surface area contributed by atoms with Crippen LogP contribution in [-0.2, 0) is 23.3 Å². The summed E-state index contributed by atoms with van der Waals surface area (Å²) in [6.45, 7) is 8.56. The number of carbonyl (C=O) groups excluding carboxylic acids is 1. The molecule has 3 aromatic heterocycles. The number of fused-ring (bicyclic) bond motifs is 1. The van der Waals surface area contributed by atoms with Crippen molar-refractivity contribution < 1.29 is 19.0 Å². The van der Waals surface area contributed by atoms with Crippen molar-refractivity contribution in [3.8, 4) is 10.8 Å². The minimum Gasteiger partial charge on any atom is -0.496 e. The van der Waals surface area contributed by atoms with Gasteiger partial charge >= 0.3 is 5.69 Å². The number of methoxy groups -OCH3 is 1. The summed E-state index contributed by atoms with van der Waals surface area (Å²) in [5.74, 6) is -0.399. The molecule has 45 heavy (non-hydrogen) atoms. The van der Waals surface area contributed by atoms with Gasteiger partial charge in [-0.3, -0.25) is 14.2 Å². The fourth-order valence-corrected chi connectivity index (χ4v) is 6.59. The number of halogens is 1. The van der Waals surface area contributed by atoms with Gasteiger partial charge in [0.2, 0.25) is 5.91 Å². The summed E-state index contributed by atoms with van der Waals surface area (Å²) in [4.78, 5) is 42.6. The average Bonchev–Trinajstić information content (AvgIpc) is 3.63. The topological polar surface area (TPSA) is 159 Å². The second-order valence-electron chi connectivity index (χ2n) is 12.1. The molecule has 14 heteroatoms. The highest BCUT2D eigenvalue weighted by Crippen LogP contribution is 2.31. The van der Waals surface area contributed by atoms with Gasteiger partial charge in [0.15, 0.2) is 0 Å². The lowest BCUT2D eigenvalue weighted by Gasteiger charge is -2.27. The summed E-state index contributed by atoms with van der Waals surface area (Å²) >= 11 is 1.20. The van der Waals surface area contributed by atoms with Crippen molar-refractivity contribution in [3.05, 3.63) is 68.4 Å². The maximum Gasteiger partial charge on any atom is 0.333 e. The number of hydrogen-bond acceptors (Lipinski definition) is 9. The average molecular weight is 644 g/mol. The Balaban J connectivity index is 0.000000501. The highest BCUT2D eigenvalue weighted by Gasteiger charge is 2.35. The molecular formula is C31H42FN7O5S. The Hall–Kier alpha value is -3.88. The first-order chi connectivity index (χ1) is 21.3. The molecule has 1 aliphatic rings. The summed E-state index contributed by atoms with van der Waals surface area (Å²) in [5.41, 5.74) is 4.05. The van der Waals surface area contributed by atoms with Gasteiger partial charge in [0.25, 0.3) is 5.56 Å². The smallest absolute Gasteiger partial charge is 0.333 e. The number of nitrogens with zero attached hydrogens (tertiary/aromatic N) is 5. The van der Waals surface area contributed by atoms with Crippen LogP contribution in [0.15, 0.2) is 40.2 Å². The first-order valence-corrected chi connectivity index (χ1v) is 15.8. The normalized spacial score (nSPS) is 16.8. The van der Waals surface area contributed by atoms with Crippen LogP contribution in [0.5, 0.6) is 5.75 Å². The Kier molecular flexibility index (Phi) is 10.6. The van der Waals surface area contributed by atoms with E-state index >= 15 is 0 Å². The standard InChI is InChI=1S/C25H29FN6O4S.C6H13NO/c1-14(2)29-23(34)25(4,5)31-20(33)19-15(3)21(32-27-10-11-28-32)37-22(19)30(24(31)35)12-9-16-13-17(26)7-8-18(16)36-6;7-5-1-3-6(8)4-2-5/h7-8,10-11,13-14H,9,12H2,1-6H3,(H,29,34);5-6,8H,1-4,7H2. The highest BCUT2D eigenvalue weighted by molar-refractivity contribution is 7.21. The van der Waals surface area contributed by atoms with Crippen molar-refractivity contribution in [3.63, 3.8) is 0 Å². The molecule has 0 radical (unpaired) electrons. The van der Waals surface area contributed by atoms with Crippen LogP contribution in [0.4, 0.5) is 4.39 Å². The fourth-order valence-electron chi connectivity index (χ4n) is 5.35. The molecule has 1 amide bonds. The van der Waals surface area contributed by atoms with Crippen LogP contribution >= 0.6 is 11.3 Å². The Morgan fingerprint density at radius 3 is 2.42 bits per heavy atom. The first kappa shape index (κ1) is 34.0. The van der Waals surface area contributed by atoms with Crippen LogP contribution < -0.4 is 27.0 Å². The molecule has 1 fully saturated rings. The molecular weight excluding hydrogens is 601 g/mol. The number of aliphatic hydroxyl groups excluding tert-OH is 1. The number of aromatic nitrogens is 5. The summed E-state index contributed by atoms with van der Waals surface area (Å²) in [6, 6.07) is 4.36. The van der Waals surface area contributed by atoms with E-state index in [0.717, 1.165) is 30.3 Å². The Bertz CT molecular complexity index is 1740. The number of benzene rings is 1. The predicted molar refractivity (Wildman–Crippen MR) is 172 cm³/mol. The number of ether oxygens (including phenoxy) is 1. The number of thiophene rings is 1. The van der Waals surface area contributed by atoms with Crippen LogP contribution in [0.3, 0.4) is 0 Å². The number of nitrogens with one attached hydrogen (secondary N) is 1. The van der Waals surface area contributed by atoms with Crippen molar-refractivity contribution in [1.82, 2.24) is 29.4 Å². The summed E-state index contributed by atoms with van der Waals surface area (Å²) in [6.07, 6.45) is 7.04. The van der Waals surface area contributed by atoms with E-state index in [1.807, 2.05) is 0 Å². The van der Waals surface area contributed by atoms with Crippen LogP contribution in [-0.4, -0.2) is 60.4 Å². The van der Waals surface area contributed by atoms with E-state index < -0.39 is 28.5 Å². The lowest BCUT2D eigenvalue weighted by molar-refractivity contribution is -0.129. The van der Waals surface area contributed by atoms with Crippen molar-refractivity contribution in [2.24, 2.45) is 5.73 Å². The minimum atomic E-state index is -1.48. The summed E-state index contributed by atoms with van der Waals surface area (Å²) in [7, 11) is 1.49. The van der Waals surface area contributed by atoms with Crippen molar-refractivity contribution in [1.29, 1.82) is 0 Å². The molecule has 1 saturated carbocycles. The Morgan fingerprint density at radius 2 is 1.84 bits per heavy atom. The maximum absolute atomic E-state index is 14.0. The zero-order valence-corrected chi connectivity index (χ0v) is 27.4. The lowest BCUT2D eigenvalue weighted by atomic mass is 9.94.